The molecule has 0 aliphatic rings. The maximum Gasteiger partial charge on any atom is 0.0801 e. The van der Waals surface area contributed by atoms with E-state index in [9.17, 15) is 0 Å². The average molecular weight is 283 g/mol. The number of hydrogen-bond donors (Lipinski definition) is 1. The minimum atomic E-state index is 0.110. The van der Waals surface area contributed by atoms with Crippen LogP contribution in [-0.2, 0) is 0 Å². The molecule has 3 heteroatoms. The zero-order chi connectivity index (χ0) is 15.2. The van der Waals surface area contributed by atoms with E-state index in [0.717, 1.165) is 24.4 Å². The highest BCUT2D eigenvalue weighted by atomic mass is 14.9. The summed E-state index contributed by atoms with van der Waals surface area (Å²) in [5.74, 6) is 0.556. The number of benzene rings is 1. The second-order valence-electron chi connectivity index (χ2n) is 5.79. The fraction of sp³-hybridized carbons (Fsp3) is 0.444. The normalized spacial score (nSPS) is 12.6. The van der Waals surface area contributed by atoms with Gasteiger partial charge in [-0.2, -0.15) is 0 Å². The van der Waals surface area contributed by atoms with Gasteiger partial charge in [-0.3, -0.25) is 9.97 Å². The molecule has 0 aliphatic carbocycles. The molecule has 1 aromatic heterocycles. The molecule has 1 N–H and O–H groups in total. The van der Waals surface area contributed by atoms with E-state index >= 15 is 0 Å². The first-order valence-corrected chi connectivity index (χ1v) is 7.73. The SMILES string of the molecule is CCCNC(c1ccc(C(C)C)cc1)c1cnc(C)cn1. The van der Waals surface area contributed by atoms with Gasteiger partial charge in [0.05, 0.1) is 23.6 Å². The van der Waals surface area contributed by atoms with Crippen molar-refractivity contribution in [2.24, 2.45) is 0 Å². The largest absolute Gasteiger partial charge is 0.305 e. The Balaban J connectivity index is 2.28. The maximum absolute atomic E-state index is 4.54. The molecule has 0 spiro atoms. The first-order valence-electron chi connectivity index (χ1n) is 7.73. The van der Waals surface area contributed by atoms with Crippen LogP contribution in [0.3, 0.4) is 0 Å². The van der Waals surface area contributed by atoms with E-state index in [4.69, 9.17) is 0 Å². The van der Waals surface area contributed by atoms with Gasteiger partial charge in [0, 0.05) is 6.20 Å². The summed E-state index contributed by atoms with van der Waals surface area (Å²) in [5.41, 5.74) is 4.53. The van der Waals surface area contributed by atoms with Gasteiger partial charge in [-0.1, -0.05) is 45.0 Å². The molecule has 0 bridgehead atoms. The molecule has 0 radical (unpaired) electrons. The van der Waals surface area contributed by atoms with E-state index in [1.165, 1.54) is 11.1 Å². The predicted octanol–water partition coefficient (Wildman–Crippen LogP) is 4.00. The topological polar surface area (TPSA) is 37.8 Å². The van der Waals surface area contributed by atoms with E-state index in [2.05, 4.69) is 60.3 Å². The van der Waals surface area contributed by atoms with E-state index in [1.807, 2.05) is 19.3 Å². The molecule has 0 saturated heterocycles. The second-order valence-corrected chi connectivity index (χ2v) is 5.79. The van der Waals surface area contributed by atoms with Gasteiger partial charge in [0.1, 0.15) is 0 Å². The molecule has 21 heavy (non-hydrogen) atoms. The van der Waals surface area contributed by atoms with Crippen molar-refractivity contribution in [3.8, 4) is 0 Å². The van der Waals surface area contributed by atoms with Crippen LogP contribution in [0.4, 0.5) is 0 Å². The first kappa shape index (κ1) is 15.6. The molecule has 1 aromatic carbocycles. The lowest BCUT2D eigenvalue weighted by molar-refractivity contribution is 0.583. The lowest BCUT2D eigenvalue weighted by Crippen LogP contribution is -2.24. The van der Waals surface area contributed by atoms with Crippen molar-refractivity contribution in [2.45, 2.75) is 46.1 Å². The van der Waals surface area contributed by atoms with Gasteiger partial charge < -0.3 is 5.32 Å². The van der Waals surface area contributed by atoms with Crippen molar-refractivity contribution in [1.29, 1.82) is 0 Å². The highest BCUT2D eigenvalue weighted by molar-refractivity contribution is 5.31. The molecule has 2 aromatic rings. The molecule has 1 heterocycles. The Bertz CT molecular complexity index is 544. The lowest BCUT2D eigenvalue weighted by Gasteiger charge is -2.19. The molecule has 1 atom stereocenters. The van der Waals surface area contributed by atoms with Crippen molar-refractivity contribution in [2.75, 3.05) is 6.54 Å². The third kappa shape index (κ3) is 4.11. The fourth-order valence-electron chi connectivity index (χ4n) is 2.31. The Kier molecular flexibility index (Phi) is 5.45. The molecule has 1 unspecified atom stereocenters. The van der Waals surface area contributed by atoms with Gasteiger partial charge in [0.2, 0.25) is 0 Å². The Morgan fingerprint density at radius 2 is 1.67 bits per heavy atom. The van der Waals surface area contributed by atoms with Gasteiger partial charge in [0.25, 0.3) is 0 Å². The Morgan fingerprint density at radius 3 is 2.19 bits per heavy atom. The third-order valence-corrected chi connectivity index (χ3v) is 3.63. The van der Waals surface area contributed by atoms with Crippen LogP contribution in [0.5, 0.6) is 0 Å². The second kappa shape index (κ2) is 7.32. The van der Waals surface area contributed by atoms with Gasteiger partial charge in [-0.05, 0) is 36.9 Å². The summed E-state index contributed by atoms with van der Waals surface area (Å²) in [6.45, 7) is 9.53. The van der Waals surface area contributed by atoms with Crippen LogP contribution in [0.1, 0.15) is 61.7 Å². The summed E-state index contributed by atoms with van der Waals surface area (Å²) in [7, 11) is 0. The Hall–Kier alpha value is -1.74. The maximum atomic E-state index is 4.54. The molecule has 0 fully saturated rings. The van der Waals surface area contributed by atoms with Crippen molar-refractivity contribution >= 4 is 0 Å². The van der Waals surface area contributed by atoms with E-state index < -0.39 is 0 Å². The summed E-state index contributed by atoms with van der Waals surface area (Å²) in [4.78, 5) is 8.92. The fourth-order valence-corrected chi connectivity index (χ4v) is 2.31. The highest BCUT2D eigenvalue weighted by Gasteiger charge is 2.15. The van der Waals surface area contributed by atoms with Gasteiger partial charge in [-0.15, -0.1) is 0 Å². The summed E-state index contributed by atoms with van der Waals surface area (Å²) in [5, 5.41) is 3.57. The zero-order valence-electron chi connectivity index (χ0n) is 13.4. The standard InChI is InChI=1S/C18H25N3/c1-5-10-19-18(17-12-20-14(4)11-21-17)16-8-6-15(7-9-16)13(2)3/h6-9,11-13,18-19H,5,10H2,1-4H3. The molecule has 3 nitrogen and oxygen atoms in total. The van der Waals surface area contributed by atoms with Crippen molar-refractivity contribution in [3.05, 3.63) is 59.2 Å². The molecule has 0 amide bonds. The highest BCUT2D eigenvalue weighted by Crippen LogP contribution is 2.22. The summed E-state index contributed by atoms with van der Waals surface area (Å²) in [6, 6.07) is 8.93. The summed E-state index contributed by atoms with van der Waals surface area (Å²) in [6.07, 6.45) is 4.80. The number of aryl methyl sites for hydroxylation is 1. The van der Waals surface area contributed by atoms with Crippen LogP contribution >= 0.6 is 0 Å². The van der Waals surface area contributed by atoms with Crippen molar-refractivity contribution in [1.82, 2.24) is 15.3 Å². The van der Waals surface area contributed by atoms with E-state index in [1.54, 1.807) is 0 Å². The molecule has 0 saturated carbocycles. The zero-order valence-corrected chi connectivity index (χ0v) is 13.4. The average Bonchev–Trinajstić information content (AvgIpc) is 2.50. The molecular formula is C18H25N3. The smallest absolute Gasteiger partial charge is 0.0801 e. The summed E-state index contributed by atoms with van der Waals surface area (Å²) >= 11 is 0. The Morgan fingerprint density at radius 1 is 1.00 bits per heavy atom. The Labute approximate surface area is 127 Å². The third-order valence-electron chi connectivity index (χ3n) is 3.63. The van der Waals surface area contributed by atoms with Crippen LogP contribution in [-0.4, -0.2) is 16.5 Å². The van der Waals surface area contributed by atoms with Crippen LogP contribution in [0.15, 0.2) is 36.7 Å². The van der Waals surface area contributed by atoms with Crippen molar-refractivity contribution < 1.29 is 0 Å². The molecule has 2 rings (SSSR count). The quantitative estimate of drug-likeness (QED) is 0.871. The first-order chi connectivity index (χ1) is 10.1. The number of aromatic nitrogens is 2. The minimum absolute atomic E-state index is 0.110. The molecule has 0 aliphatic heterocycles. The van der Waals surface area contributed by atoms with Crippen LogP contribution in [0.25, 0.3) is 0 Å². The number of rotatable bonds is 6. The lowest BCUT2D eigenvalue weighted by atomic mass is 9.97. The van der Waals surface area contributed by atoms with Gasteiger partial charge >= 0.3 is 0 Å². The van der Waals surface area contributed by atoms with Crippen LogP contribution in [0.2, 0.25) is 0 Å². The predicted molar refractivity (Wildman–Crippen MR) is 87.4 cm³/mol. The number of hydrogen-bond acceptors (Lipinski definition) is 3. The minimum Gasteiger partial charge on any atom is -0.305 e. The van der Waals surface area contributed by atoms with Crippen LogP contribution < -0.4 is 5.32 Å². The molecular weight excluding hydrogens is 258 g/mol. The van der Waals surface area contributed by atoms with Gasteiger partial charge in [-0.25, -0.2) is 0 Å². The number of nitrogens with one attached hydrogen (secondary N) is 1. The number of nitrogens with zero attached hydrogens (tertiary/aromatic N) is 2. The molecule has 112 valence electrons. The van der Waals surface area contributed by atoms with Crippen molar-refractivity contribution in [3.63, 3.8) is 0 Å². The van der Waals surface area contributed by atoms with E-state index in [0.29, 0.717) is 5.92 Å². The monoisotopic (exact) mass is 283 g/mol. The van der Waals surface area contributed by atoms with Gasteiger partial charge in [0.15, 0.2) is 0 Å². The summed E-state index contributed by atoms with van der Waals surface area (Å²) < 4.78 is 0. The van der Waals surface area contributed by atoms with Crippen LogP contribution in [0, 0.1) is 6.92 Å². The van der Waals surface area contributed by atoms with E-state index in [-0.39, 0.29) is 6.04 Å².